The maximum Gasteiger partial charge on any atom is 0.411 e. The highest BCUT2D eigenvalue weighted by Crippen LogP contribution is 2.34. The van der Waals surface area contributed by atoms with Gasteiger partial charge in [-0.3, -0.25) is 5.32 Å². The number of rotatable bonds is 4. The molecule has 6 nitrogen and oxygen atoms in total. The van der Waals surface area contributed by atoms with Crippen LogP contribution in [0.4, 0.5) is 10.5 Å². The molecular formula is C12H11ClN2O4S2. The Kier molecular flexibility index (Phi) is 4.81. The second-order valence-corrected chi connectivity index (χ2v) is 7.31. The van der Waals surface area contributed by atoms with E-state index in [1.165, 1.54) is 7.11 Å². The van der Waals surface area contributed by atoms with E-state index >= 15 is 0 Å². The van der Waals surface area contributed by atoms with Gasteiger partial charge in [0.05, 0.1) is 12.9 Å². The molecule has 2 aromatic rings. The molecule has 0 saturated heterocycles. The van der Waals surface area contributed by atoms with Crippen molar-refractivity contribution in [1.29, 1.82) is 0 Å². The zero-order chi connectivity index (χ0) is 15.5. The predicted molar refractivity (Wildman–Crippen MR) is 80.5 cm³/mol. The molecule has 0 unspecified atom stereocenters. The van der Waals surface area contributed by atoms with E-state index in [2.05, 4.69) is 14.4 Å². The number of carbonyl (C=O) groups is 1. The van der Waals surface area contributed by atoms with Crippen LogP contribution in [-0.4, -0.2) is 26.0 Å². The second kappa shape index (κ2) is 6.42. The van der Waals surface area contributed by atoms with Gasteiger partial charge in [-0.15, -0.1) is 0 Å². The van der Waals surface area contributed by atoms with Gasteiger partial charge in [-0.1, -0.05) is 41.9 Å². The van der Waals surface area contributed by atoms with Crippen molar-refractivity contribution in [2.75, 3.05) is 12.4 Å². The molecule has 0 saturated carbocycles. The number of methoxy groups -OCH3 is 1. The predicted octanol–water partition coefficient (Wildman–Crippen LogP) is 2.95. The van der Waals surface area contributed by atoms with Crippen molar-refractivity contribution in [2.45, 2.75) is 9.96 Å². The molecule has 1 N–H and O–H groups in total. The Hall–Kier alpha value is -1.64. The Morgan fingerprint density at radius 2 is 2.05 bits per heavy atom. The minimum absolute atomic E-state index is 0.0514. The lowest BCUT2D eigenvalue weighted by atomic mass is 10.2. The third-order valence-electron chi connectivity index (χ3n) is 2.51. The van der Waals surface area contributed by atoms with Crippen molar-refractivity contribution in [3.63, 3.8) is 0 Å². The van der Waals surface area contributed by atoms with Gasteiger partial charge in [0, 0.05) is 0 Å². The molecule has 2 rings (SSSR count). The topological polar surface area (TPSA) is 85.4 Å². The van der Waals surface area contributed by atoms with Gasteiger partial charge in [0.15, 0.2) is 19.2 Å². The Bertz CT molecular complexity index is 744. The van der Waals surface area contributed by atoms with Crippen molar-refractivity contribution >= 4 is 44.8 Å². The highest BCUT2D eigenvalue weighted by atomic mass is 35.5. The first-order valence-electron chi connectivity index (χ1n) is 5.71. The van der Waals surface area contributed by atoms with E-state index in [4.69, 9.17) is 11.6 Å². The number of nitrogens with zero attached hydrogens (tertiary/aromatic N) is 1. The standard InChI is InChI=1S/C12H11ClN2O4S2/c1-19-12(16)14-9-10(13)15-20-11(9)21(17,18)7-8-5-3-2-4-6-8/h2-6H,7H2,1H3,(H,14,16). The van der Waals surface area contributed by atoms with Crippen molar-refractivity contribution in [1.82, 2.24) is 4.37 Å². The summed E-state index contributed by atoms with van der Waals surface area (Å²) in [6.45, 7) is 0. The maximum absolute atomic E-state index is 12.4. The Balaban J connectivity index is 2.34. The van der Waals surface area contributed by atoms with Crippen molar-refractivity contribution < 1.29 is 17.9 Å². The van der Waals surface area contributed by atoms with Crippen LogP contribution in [0, 0.1) is 0 Å². The molecule has 0 aliphatic heterocycles. The van der Waals surface area contributed by atoms with Crippen molar-refractivity contribution in [3.8, 4) is 0 Å². The first-order chi connectivity index (χ1) is 9.94. The molecule has 1 aromatic heterocycles. The van der Waals surface area contributed by atoms with Crippen LogP contribution in [0.1, 0.15) is 5.56 Å². The summed E-state index contributed by atoms with van der Waals surface area (Å²) in [6, 6.07) is 8.70. The normalized spacial score (nSPS) is 11.1. The van der Waals surface area contributed by atoms with Gasteiger partial charge in [-0.05, 0) is 17.1 Å². The lowest BCUT2D eigenvalue weighted by Crippen LogP contribution is -2.14. The molecule has 0 aliphatic carbocycles. The van der Waals surface area contributed by atoms with Gasteiger partial charge in [0.25, 0.3) is 0 Å². The summed E-state index contributed by atoms with van der Waals surface area (Å²) in [5, 5.41) is 2.19. The quantitative estimate of drug-likeness (QED) is 0.919. The number of hydrogen-bond acceptors (Lipinski definition) is 6. The van der Waals surface area contributed by atoms with Crippen LogP contribution in [-0.2, 0) is 20.3 Å². The average molecular weight is 347 g/mol. The van der Waals surface area contributed by atoms with E-state index in [0.29, 0.717) is 17.1 Å². The molecule has 0 radical (unpaired) electrons. The van der Waals surface area contributed by atoms with E-state index in [1.54, 1.807) is 30.3 Å². The molecule has 0 spiro atoms. The first kappa shape index (κ1) is 15.7. The molecule has 0 bridgehead atoms. The largest absolute Gasteiger partial charge is 0.453 e. The van der Waals surface area contributed by atoms with Gasteiger partial charge in [0.2, 0.25) is 0 Å². The molecule has 1 aromatic carbocycles. The number of anilines is 1. The summed E-state index contributed by atoms with van der Waals surface area (Å²) in [5.74, 6) is -0.206. The van der Waals surface area contributed by atoms with Crippen LogP contribution >= 0.6 is 23.1 Å². The minimum Gasteiger partial charge on any atom is -0.453 e. The number of halogens is 1. The Morgan fingerprint density at radius 1 is 1.38 bits per heavy atom. The molecule has 112 valence electrons. The fraction of sp³-hybridized carbons (Fsp3) is 0.167. The first-order valence-corrected chi connectivity index (χ1v) is 8.51. The summed E-state index contributed by atoms with van der Waals surface area (Å²) in [6.07, 6.45) is -0.812. The van der Waals surface area contributed by atoms with Crippen LogP contribution in [0.25, 0.3) is 0 Å². The maximum atomic E-state index is 12.4. The number of sulfone groups is 1. The zero-order valence-electron chi connectivity index (χ0n) is 10.9. The molecule has 0 atom stereocenters. The highest BCUT2D eigenvalue weighted by Gasteiger charge is 2.26. The van der Waals surface area contributed by atoms with E-state index < -0.39 is 15.9 Å². The molecule has 1 heterocycles. The van der Waals surface area contributed by atoms with Crippen LogP contribution in [0.5, 0.6) is 0 Å². The van der Waals surface area contributed by atoms with Gasteiger partial charge in [-0.2, -0.15) is 4.37 Å². The minimum atomic E-state index is -3.68. The monoisotopic (exact) mass is 346 g/mol. The van der Waals surface area contributed by atoms with E-state index in [0.717, 1.165) is 0 Å². The van der Waals surface area contributed by atoms with Crippen LogP contribution in [0.15, 0.2) is 34.5 Å². The average Bonchev–Trinajstić information content (AvgIpc) is 2.81. The molecule has 1 amide bonds. The SMILES string of the molecule is COC(=O)Nc1c(Cl)nsc1S(=O)(=O)Cc1ccccc1. The number of benzene rings is 1. The third kappa shape index (κ3) is 3.72. The fourth-order valence-electron chi connectivity index (χ4n) is 1.58. The number of hydrogen-bond donors (Lipinski definition) is 1. The lowest BCUT2D eigenvalue weighted by Gasteiger charge is -2.06. The summed E-state index contributed by atoms with van der Waals surface area (Å²) in [7, 11) is -2.51. The van der Waals surface area contributed by atoms with Gasteiger partial charge >= 0.3 is 6.09 Å². The fourth-order valence-corrected chi connectivity index (χ4v) is 4.40. The molecule has 0 aliphatic rings. The zero-order valence-corrected chi connectivity index (χ0v) is 13.3. The number of carbonyl (C=O) groups excluding carboxylic acids is 1. The summed E-state index contributed by atoms with van der Waals surface area (Å²) in [4.78, 5) is 11.3. The van der Waals surface area contributed by atoms with Crippen LogP contribution < -0.4 is 5.32 Å². The smallest absolute Gasteiger partial charge is 0.411 e. The summed E-state index contributed by atoms with van der Waals surface area (Å²) >= 11 is 6.53. The van der Waals surface area contributed by atoms with Crippen molar-refractivity contribution in [2.24, 2.45) is 0 Å². The molecule has 0 fully saturated rings. The number of aromatic nitrogens is 1. The Labute approximate surface area is 130 Å². The van der Waals surface area contributed by atoms with Crippen LogP contribution in [0.2, 0.25) is 5.15 Å². The molecule has 9 heteroatoms. The summed E-state index contributed by atoms with van der Waals surface area (Å²) in [5.41, 5.74) is 0.579. The van der Waals surface area contributed by atoms with Gasteiger partial charge < -0.3 is 4.74 Å². The van der Waals surface area contributed by atoms with Crippen molar-refractivity contribution in [3.05, 3.63) is 41.0 Å². The molecular weight excluding hydrogens is 336 g/mol. The second-order valence-electron chi connectivity index (χ2n) is 4.00. The number of amides is 1. The lowest BCUT2D eigenvalue weighted by molar-refractivity contribution is 0.187. The van der Waals surface area contributed by atoms with E-state index in [1.807, 2.05) is 0 Å². The van der Waals surface area contributed by atoms with E-state index in [9.17, 15) is 13.2 Å². The number of ether oxygens (including phenoxy) is 1. The molecule has 21 heavy (non-hydrogen) atoms. The highest BCUT2D eigenvalue weighted by molar-refractivity contribution is 7.92. The third-order valence-corrected chi connectivity index (χ3v) is 6.00. The van der Waals surface area contributed by atoms with Gasteiger partial charge in [-0.25, -0.2) is 13.2 Å². The van der Waals surface area contributed by atoms with E-state index in [-0.39, 0.29) is 20.8 Å². The van der Waals surface area contributed by atoms with Crippen LogP contribution in [0.3, 0.4) is 0 Å². The number of nitrogens with one attached hydrogen (secondary N) is 1. The van der Waals surface area contributed by atoms with Gasteiger partial charge in [0.1, 0.15) is 5.69 Å². The Morgan fingerprint density at radius 3 is 2.67 bits per heavy atom. The summed E-state index contributed by atoms with van der Waals surface area (Å²) < 4.78 is 33.0.